The highest BCUT2D eigenvalue weighted by atomic mass is 32.2. The number of benzene rings is 1. The van der Waals surface area contributed by atoms with Crippen LogP contribution in [0.2, 0.25) is 0 Å². The highest BCUT2D eigenvalue weighted by Crippen LogP contribution is 2.18. The van der Waals surface area contributed by atoms with Crippen molar-refractivity contribution >= 4 is 15.9 Å². The number of likely N-dealkylation sites (N-methyl/N-ethyl adjacent to an activating group) is 1. The molecule has 1 aromatic carbocycles. The molecular weight excluding hydrogens is 318 g/mol. The van der Waals surface area contributed by atoms with Gasteiger partial charge in [0, 0.05) is 26.2 Å². The number of amides is 1. The van der Waals surface area contributed by atoms with Crippen molar-refractivity contribution in [3.63, 3.8) is 0 Å². The molecule has 0 radical (unpaired) electrons. The molecule has 0 bridgehead atoms. The molecule has 1 aliphatic rings. The quantitative estimate of drug-likeness (QED) is 0.771. The number of nitrogens with one attached hydrogen (secondary N) is 2. The van der Waals surface area contributed by atoms with Crippen molar-refractivity contribution in [1.82, 2.24) is 14.9 Å². The first kappa shape index (κ1) is 17.7. The SMILES string of the molecule is CNC(=O)CN1CCC(NS(=O)(=O)c2ccc(OC)cc2)CC1. The molecule has 1 aromatic rings. The lowest BCUT2D eigenvalue weighted by Crippen LogP contribution is -2.47. The fourth-order valence-electron chi connectivity index (χ4n) is 2.53. The number of likely N-dealkylation sites (tertiary alicyclic amines) is 1. The van der Waals surface area contributed by atoms with Crippen LogP contribution < -0.4 is 14.8 Å². The number of methoxy groups -OCH3 is 1. The summed E-state index contributed by atoms with van der Waals surface area (Å²) < 4.78 is 32.5. The van der Waals surface area contributed by atoms with E-state index in [4.69, 9.17) is 4.74 Å². The Labute approximate surface area is 137 Å². The second-order valence-corrected chi connectivity index (χ2v) is 7.23. The zero-order chi connectivity index (χ0) is 16.9. The average Bonchev–Trinajstić information content (AvgIpc) is 2.56. The van der Waals surface area contributed by atoms with Gasteiger partial charge >= 0.3 is 0 Å². The molecule has 0 aromatic heterocycles. The summed E-state index contributed by atoms with van der Waals surface area (Å²) in [6.45, 7) is 1.75. The maximum absolute atomic E-state index is 12.4. The van der Waals surface area contributed by atoms with E-state index in [0.29, 0.717) is 38.2 Å². The van der Waals surface area contributed by atoms with E-state index < -0.39 is 10.0 Å². The normalized spacial score (nSPS) is 17.0. The zero-order valence-corrected chi connectivity index (χ0v) is 14.2. The van der Waals surface area contributed by atoms with Crippen molar-refractivity contribution in [3.05, 3.63) is 24.3 Å². The Bertz CT molecular complexity index is 623. The maximum atomic E-state index is 12.4. The van der Waals surface area contributed by atoms with Crippen LogP contribution in [-0.4, -0.2) is 59.1 Å². The van der Waals surface area contributed by atoms with Gasteiger partial charge in [-0.3, -0.25) is 9.69 Å². The smallest absolute Gasteiger partial charge is 0.240 e. The van der Waals surface area contributed by atoms with Gasteiger partial charge in [0.2, 0.25) is 15.9 Å². The Morgan fingerprint density at radius 3 is 2.39 bits per heavy atom. The number of carbonyl (C=O) groups is 1. The van der Waals surface area contributed by atoms with E-state index in [0.717, 1.165) is 0 Å². The molecule has 1 aliphatic heterocycles. The van der Waals surface area contributed by atoms with Gasteiger partial charge in [-0.2, -0.15) is 0 Å². The minimum Gasteiger partial charge on any atom is -0.497 e. The minimum atomic E-state index is -3.53. The van der Waals surface area contributed by atoms with Crippen molar-refractivity contribution in [3.8, 4) is 5.75 Å². The van der Waals surface area contributed by atoms with E-state index in [1.165, 1.54) is 19.2 Å². The molecule has 2 N–H and O–H groups in total. The monoisotopic (exact) mass is 341 g/mol. The fourth-order valence-corrected chi connectivity index (χ4v) is 3.84. The summed E-state index contributed by atoms with van der Waals surface area (Å²) in [6.07, 6.45) is 1.37. The first-order chi connectivity index (χ1) is 10.9. The van der Waals surface area contributed by atoms with Crippen molar-refractivity contribution in [2.75, 3.05) is 33.8 Å². The molecule has 128 valence electrons. The van der Waals surface area contributed by atoms with Gasteiger partial charge < -0.3 is 10.1 Å². The number of sulfonamides is 1. The van der Waals surface area contributed by atoms with Crippen LogP contribution in [0.4, 0.5) is 0 Å². The highest BCUT2D eigenvalue weighted by molar-refractivity contribution is 7.89. The van der Waals surface area contributed by atoms with Crippen molar-refractivity contribution in [2.24, 2.45) is 0 Å². The van der Waals surface area contributed by atoms with E-state index in [1.54, 1.807) is 19.2 Å². The Kier molecular flexibility index (Phi) is 5.97. The largest absolute Gasteiger partial charge is 0.497 e. The molecule has 0 saturated carbocycles. The molecule has 8 heteroatoms. The summed E-state index contributed by atoms with van der Waals surface area (Å²) in [5.41, 5.74) is 0. The Morgan fingerprint density at radius 1 is 1.26 bits per heavy atom. The summed E-state index contributed by atoms with van der Waals surface area (Å²) in [6, 6.07) is 6.20. The maximum Gasteiger partial charge on any atom is 0.240 e. The lowest BCUT2D eigenvalue weighted by atomic mass is 10.1. The number of rotatable bonds is 6. The second kappa shape index (κ2) is 7.76. The molecule has 0 unspecified atom stereocenters. The predicted octanol–water partition coefficient (Wildman–Crippen LogP) is 0.184. The first-order valence-corrected chi connectivity index (χ1v) is 9.02. The van der Waals surface area contributed by atoms with Crippen LogP contribution in [0.1, 0.15) is 12.8 Å². The lowest BCUT2D eigenvalue weighted by molar-refractivity contribution is -0.122. The summed E-state index contributed by atoms with van der Waals surface area (Å²) in [5, 5.41) is 2.59. The van der Waals surface area contributed by atoms with Gasteiger partial charge in [-0.1, -0.05) is 0 Å². The van der Waals surface area contributed by atoms with Crippen LogP contribution in [0.5, 0.6) is 5.75 Å². The molecule has 0 spiro atoms. The number of carbonyl (C=O) groups excluding carboxylic acids is 1. The number of piperidine rings is 1. The lowest BCUT2D eigenvalue weighted by Gasteiger charge is -2.31. The minimum absolute atomic E-state index is 0.0257. The zero-order valence-electron chi connectivity index (χ0n) is 13.4. The molecule has 7 nitrogen and oxygen atoms in total. The van der Waals surface area contributed by atoms with Gasteiger partial charge in [-0.15, -0.1) is 0 Å². The van der Waals surface area contributed by atoms with Gasteiger partial charge in [0.15, 0.2) is 0 Å². The number of hydrogen-bond acceptors (Lipinski definition) is 5. The molecule has 1 fully saturated rings. The topological polar surface area (TPSA) is 87.7 Å². The first-order valence-electron chi connectivity index (χ1n) is 7.54. The van der Waals surface area contributed by atoms with Gasteiger partial charge in [0.1, 0.15) is 5.75 Å². The predicted molar refractivity (Wildman–Crippen MR) is 86.8 cm³/mol. The van der Waals surface area contributed by atoms with Crippen LogP contribution in [0.15, 0.2) is 29.2 Å². The summed E-state index contributed by atoms with van der Waals surface area (Å²) in [5.74, 6) is 0.591. The highest BCUT2D eigenvalue weighted by Gasteiger charge is 2.25. The second-order valence-electron chi connectivity index (χ2n) is 5.52. The van der Waals surface area contributed by atoms with Crippen molar-refractivity contribution in [1.29, 1.82) is 0 Å². The third kappa shape index (κ3) is 4.92. The van der Waals surface area contributed by atoms with E-state index in [2.05, 4.69) is 10.0 Å². The number of ether oxygens (including phenoxy) is 1. The van der Waals surface area contributed by atoms with Gasteiger partial charge in [0.25, 0.3) is 0 Å². The summed E-state index contributed by atoms with van der Waals surface area (Å²) in [4.78, 5) is 13.6. The summed E-state index contributed by atoms with van der Waals surface area (Å²) >= 11 is 0. The molecule has 1 saturated heterocycles. The van der Waals surface area contributed by atoms with E-state index in [9.17, 15) is 13.2 Å². The molecule has 1 heterocycles. The van der Waals surface area contributed by atoms with E-state index in [1.807, 2.05) is 4.90 Å². The molecule has 1 amide bonds. The van der Waals surface area contributed by atoms with Gasteiger partial charge in [-0.05, 0) is 37.1 Å². The standard InChI is InChI=1S/C15H23N3O4S/c1-16-15(19)11-18-9-7-12(8-10-18)17-23(20,21)14-5-3-13(22-2)4-6-14/h3-6,12,17H,7-11H2,1-2H3,(H,16,19). The van der Waals surface area contributed by atoms with Crippen molar-refractivity contribution in [2.45, 2.75) is 23.8 Å². The molecule has 23 heavy (non-hydrogen) atoms. The van der Waals surface area contributed by atoms with Crippen LogP contribution in [0.3, 0.4) is 0 Å². The Balaban J connectivity index is 1.90. The number of hydrogen-bond donors (Lipinski definition) is 2. The number of nitrogens with zero attached hydrogens (tertiary/aromatic N) is 1. The van der Waals surface area contributed by atoms with Crippen LogP contribution in [0.25, 0.3) is 0 Å². The average molecular weight is 341 g/mol. The van der Waals surface area contributed by atoms with Crippen LogP contribution >= 0.6 is 0 Å². The van der Waals surface area contributed by atoms with Gasteiger partial charge in [0.05, 0.1) is 18.6 Å². The van der Waals surface area contributed by atoms with Crippen molar-refractivity contribution < 1.29 is 17.9 Å². The Morgan fingerprint density at radius 2 is 1.87 bits per heavy atom. The third-order valence-corrected chi connectivity index (χ3v) is 5.46. The Hall–Kier alpha value is -1.64. The third-order valence-electron chi connectivity index (χ3n) is 3.93. The van der Waals surface area contributed by atoms with E-state index >= 15 is 0 Å². The van der Waals surface area contributed by atoms with Crippen LogP contribution in [-0.2, 0) is 14.8 Å². The fraction of sp³-hybridized carbons (Fsp3) is 0.533. The molecule has 0 atom stereocenters. The molecule has 0 aliphatic carbocycles. The molecular formula is C15H23N3O4S. The van der Waals surface area contributed by atoms with Crippen LogP contribution in [0, 0.1) is 0 Å². The molecule has 2 rings (SSSR count). The summed E-state index contributed by atoms with van der Waals surface area (Å²) in [7, 11) is -0.388. The van der Waals surface area contributed by atoms with Gasteiger partial charge in [-0.25, -0.2) is 13.1 Å². The van der Waals surface area contributed by atoms with E-state index in [-0.39, 0.29) is 16.8 Å².